The first kappa shape index (κ1) is 13.2. The minimum Gasteiger partial charge on any atom is -0.339 e. The van der Waals surface area contributed by atoms with Crippen LogP contribution in [0.4, 0.5) is 4.39 Å². The molecule has 0 bridgehead atoms. The number of halogens is 2. The van der Waals surface area contributed by atoms with E-state index < -0.39 is 0 Å². The molecule has 0 radical (unpaired) electrons. The third kappa shape index (κ3) is 3.30. The molecule has 4 heteroatoms. The maximum atomic E-state index is 12.7. The third-order valence-corrected chi connectivity index (χ3v) is 3.03. The van der Waals surface area contributed by atoms with Crippen molar-refractivity contribution in [3.63, 3.8) is 0 Å². The summed E-state index contributed by atoms with van der Waals surface area (Å²) < 4.78 is 12.7. The number of benzene rings is 1. The summed E-state index contributed by atoms with van der Waals surface area (Å²) in [7, 11) is 1.76. The Morgan fingerprint density at radius 2 is 2.00 bits per heavy atom. The van der Waals surface area contributed by atoms with Gasteiger partial charge in [-0.05, 0) is 24.6 Å². The lowest BCUT2D eigenvalue weighted by atomic mass is 10.1. The maximum absolute atomic E-state index is 12.7. The highest BCUT2D eigenvalue weighted by atomic mass is 79.9. The van der Waals surface area contributed by atoms with Crippen LogP contribution in [0.5, 0.6) is 0 Å². The predicted octanol–water partition coefficient (Wildman–Crippen LogP) is 3.13. The van der Waals surface area contributed by atoms with Crippen LogP contribution in [0.3, 0.4) is 0 Å². The number of carbonyl (C=O) groups is 1. The molecule has 0 N–H and O–H groups in total. The Hall–Kier alpha value is -0.900. The van der Waals surface area contributed by atoms with E-state index in [4.69, 9.17) is 0 Å². The lowest BCUT2D eigenvalue weighted by Gasteiger charge is -2.25. The lowest BCUT2D eigenvalue weighted by Crippen LogP contribution is -2.29. The Balaban J connectivity index is 2.73. The Morgan fingerprint density at radius 3 is 2.50 bits per heavy atom. The monoisotopic (exact) mass is 287 g/mol. The highest BCUT2D eigenvalue weighted by Gasteiger charge is 2.16. The summed E-state index contributed by atoms with van der Waals surface area (Å²) in [5.41, 5.74) is 0.937. The van der Waals surface area contributed by atoms with Crippen LogP contribution in [0.1, 0.15) is 24.9 Å². The SMILES string of the molecule is CC(c1ccc(F)cc1)N(C)C(=O)CCBr. The first-order valence-corrected chi connectivity index (χ1v) is 6.25. The Bertz CT molecular complexity index is 353. The molecule has 1 aromatic carbocycles. The van der Waals surface area contributed by atoms with E-state index in [-0.39, 0.29) is 17.8 Å². The van der Waals surface area contributed by atoms with Crippen LogP contribution < -0.4 is 0 Å². The van der Waals surface area contributed by atoms with Crippen LogP contribution in [0.15, 0.2) is 24.3 Å². The van der Waals surface area contributed by atoms with Crippen LogP contribution in [-0.2, 0) is 4.79 Å². The van der Waals surface area contributed by atoms with Crippen molar-refractivity contribution in [1.29, 1.82) is 0 Å². The molecule has 2 nitrogen and oxygen atoms in total. The van der Waals surface area contributed by atoms with E-state index in [0.717, 1.165) is 5.56 Å². The topological polar surface area (TPSA) is 20.3 Å². The molecule has 0 aliphatic carbocycles. The second-order valence-electron chi connectivity index (χ2n) is 3.67. The molecule has 1 amide bonds. The fraction of sp³-hybridized carbons (Fsp3) is 0.417. The Kier molecular flexibility index (Phi) is 4.93. The summed E-state index contributed by atoms with van der Waals surface area (Å²) in [4.78, 5) is 13.3. The van der Waals surface area contributed by atoms with Crippen molar-refractivity contribution in [3.8, 4) is 0 Å². The molecular formula is C12H15BrFNO. The maximum Gasteiger partial charge on any atom is 0.223 e. The van der Waals surface area contributed by atoms with Gasteiger partial charge in [-0.3, -0.25) is 4.79 Å². The molecular weight excluding hydrogens is 273 g/mol. The number of hydrogen-bond donors (Lipinski definition) is 0. The molecule has 0 aromatic heterocycles. The van der Waals surface area contributed by atoms with Crippen LogP contribution in [-0.4, -0.2) is 23.2 Å². The van der Waals surface area contributed by atoms with E-state index >= 15 is 0 Å². The summed E-state index contributed by atoms with van der Waals surface area (Å²) in [5, 5.41) is 0.659. The summed E-state index contributed by atoms with van der Waals surface area (Å²) in [6.45, 7) is 1.93. The summed E-state index contributed by atoms with van der Waals surface area (Å²) in [6, 6.07) is 6.20. The van der Waals surface area contributed by atoms with Crippen molar-refractivity contribution >= 4 is 21.8 Å². The highest BCUT2D eigenvalue weighted by molar-refractivity contribution is 9.09. The molecule has 1 aromatic rings. The van der Waals surface area contributed by atoms with Gasteiger partial charge in [-0.1, -0.05) is 28.1 Å². The highest BCUT2D eigenvalue weighted by Crippen LogP contribution is 2.19. The second-order valence-corrected chi connectivity index (χ2v) is 4.46. The number of amides is 1. The van der Waals surface area contributed by atoms with Gasteiger partial charge in [0.25, 0.3) is 0 Å². The van der Waals surface area contributed by atoms with Crippen molar-refractivity contribution < 1.29 is 9.18 Å². The molecule has 0 aliphatic heterocycles. The largest absolute Gasteiger partial charge is 0.339 e. The molecule has 0 spiro atoms. The van der Waals surface area contributed by atoms with Crippen LogP contribution >= 0.6 is 15.9 Å². The molecule has 1 unspecified atom stereocenters. The number of hydrogen-bond acceptors (Lipinski definition) is 1. The minimum atomic E-state index is -0.259. The predicted molar refractivity (Wildman–Crippen MR) is 66.0 cm³/mol. The molecule has 0 saturated heterocycles. The van der Waals surface area contributed by atoms with Crippen molar-refractivity contribution in [2.24, 2.45) is 0 Å². The van der Waals surface area contributed by atoms with Gasteiger partial charge in [-0.2, -0.15) is 0 Å². The normalized spacial score (nSPS) is 12.2. The third-order valence-electron chi connectivity index (χ3n) is 2.64. The molecule has 88 valence electrons. The van der Waals surface area contributed by atoms with Gasteiger partial charge >= 0.3 is 0 Å². The van der Waals surface area contributed by atoms with Gasteiger partial charge in [0.15, 0.2) is 0 Å². The molecule has 0 saturated carbocycles. The van der Waals surface area contributed by atoms with Gasteiger partial charge in [-0.15, -0.1) is 0 Å². The van der Waals surface area contributed by atoms with E-state index in [1.54, 1.807) is 24.1 Å². The van der Waals surface area contributed by atoms with E-state index in [9.17, 15) is 9.18 Å². The zero-order valence-corrected chi connectivity index (χ0v) is 11.0. The number of alkyl halides is 1. The fourth-order valence-corrected chi connectivity index (χ4v) is 1.78. The van der Waals surface area contributed by atoms with Gasteiger partial charge in [0, 0.05) is 18.8 Å². The second kappa shape index (κ2) is 5.99. The van der Waals surface area contributed by atoms with Gasteiger partial charge in [0.05, 0.1) is 6.04 Å². The zero-order valence-electron chi connectivity index (χ0n) is 9.41. The molecule has 1 rings (SSSR count). The van der Waals surface area contributed by atoms with Crippen molar-refractivity contribution in [2.75, 3.05) is 12.4 Å². The molecule has 1 atom stereocenters. The molecule has 0 aliphatic rings. The van der Waals surface area contributed by atoms with Gasteiger partial charge in [-0.25, -0.2) is 4.39 Å². The first-order valence-electron chi connectivity index (χ1n) is 5.13. The first-order chi connectivity index (χ1) is 7.56. The van der Waals surface area contributed by atoms with Crippen LogP contribution in [0.2, 0.25) is 0 Å². The summed E-state index contributed by atoms with van der Waals surface area (Å²) in [6.07, 6.45) is 0.474. The van der Waals surface area contributed by atoms with Crippen molar-refractivity contribution in [3.05, 3.63) is 35.6 Å². The average Bonchev–Trinajstić information content (AvgIpc) is 2.28. The van der Waals surface area contributed by atoms with Crippen molar-refractivity contribution in [2.45, 2.75) is 19.4 Å². The minimum absolute atomic E-state index is 0.0350. The van der Waals surface area contributed by atoms with E-state index in [0.29, 0.717) is 11.8 Å². The number of rotatable bonds is 4. The van der Waals surface area contributed by atoms with E-state index in [1.165, 1.54) is 12.1 Å². The quantitative estimate of drug-likeness (QED) is 0.779. The van der Waals surface area contributed by atoms with E-state index in [2.05, 4.69) is 15.9 Å². The molecule has 16 heavy (non-hydrogen) atoms. The zero-order chi connectivity index (χ0) is 12.1. The molecule has 0 heterocycles. The summed E-state index contributed by atoms with van der Waals surface area (Å²) in [5.74, 6) is -0.181. The lowest BCUT2D eigenvalue weighted by molar-refractivity contribution is -0.131. The van der Waals surface area contributed by atoms with E-state index in [1.807, 2.05) is 6.92 Å². The Morgan fingerprint density at radius 1 is 1.44 bits per heavy atom. The standard InChI is InChI=1S/C12H15BrFNO/c1-9(15(2)12(16)7-8-13)10-3-5-11(14)6-4-10/h3-6,9H,7-8H2,1-2H3. The number of nitrogens with zero attached hydrogens (tertiary/aromatic N) is 1. The number of carbonyl (C=O) groups excluding carboxylic acids is 1. The van der Waals surface area contributed by atoms with Gasteiger partial charge < -0.3 is 4.90 Å². The fourth-order valence-electron chi connectivity index (χ4n) is 1.44. The van der Waals surface area contributed by atoms with Gasteiger partial charge in [0.2, 0.25) is 5.91 Å². The van der Waals surface area contributed by atoms with Crippen molar-refractivity contribution in [1.82, 2.24) is 4.90 Å². The summed E-state index contributed by atoms with van der Waals surface area (Å²) >= 11 is 3.24. The smallest absolute Gasteiger partial charge is 0.223 e. The average molecular weight is 288 g/mol. The van der Waals surface area contributed by atoms with Crippen LogP contribution in [0.25, 0.3) is 0 Å². The Labute approximate surface area is 104 Å². The molecule has 0 fully saturated rings. The van der Waals surface area contributed by atoms with Gasteiger partial charge in [0.1, 0.15) is 5.82 Å². The van der Waals surface area contributed by atoms with Crippen LogP contribution in [0, 0.1) is 5.82 Å².